The van der Waals surface area contributed by atoms with E-state index in [1.807, 2.05) is 17.3 Å². The molecule has 5 heteroatoms. The first-order valence-electron chi connectivity index (χ1n) is 7.59. The summed E-state index contributed by atoms with van der Waals surface area (Å²) in [6.07, 6.45) is 6.86. The van der Waals surface area contributed by atoms with Gasteiger partial charge in [-0.2, -0.15) is 5.10 Å². The number of hydrogen-bond acceptors (Lipinski definition) is 3. The van der Waals surface area contributed by atoms with E-state index in [4.69, 9.17) is 12.2 Å². The van der Waals surface area contributed by atoms with Crippen molar-refractivity contribution in [3.63, 3.8) is 0 Å². The fourth-order valence-electron chi connectivity index (χ4n) is 2.32. The lowest BCUT2D eigenvalue weighted by atomic mass is 10.1. The van der Waals surface area contributed by atoms with Crippen molar-refractivity contribution in [1.82, 2.24) is 10.5 Å². The van der Waals surface area contributed by atoms with Gasteiger partial charge < -0.3 is 0 Å². The molecule has 0 bridgehead atoms. The third kappa shape index (κ3) is 5.40. The van der Waals surface area contributed by atoms with Crippen LogP contribution >= 0.6 is 28.1 Å². The summed E-state index contributed by atoms with van der Waals surface area (Å²) in [4.78, 5) is 0.894. The van der Waals surface area contributed by atoms with E-state index in [0.717, 1.165) is 41.0 Å². The number of hydrogen-bond donors (Lipinski definition) is 1. The molecule has 1 aromatic carbocycles. The van der Waals surface area contributed by atoms with Crippen LogP contribution in [0.1, 0.15) is 51.0 Å². The van der Waals surface area contributed by atoms with Gasteiger partial charge in [0.2, 0.25) is 0 Å². The monoisotopic (exact) mass is 367 g/mol. The fourth-order valence-corrected chi connectivity index (χ4v) is 2.97. The molecule has 0 fully saturated rings. The zero-order chi connectivity index (χ0) is 15.1. The summed E-state index contributed by atoms with van der Waals surface area (Å²) in [5.74, 6) is 0. The number of halogens is 1. The molecule has 1 aliphatic heterocycles. The first-order valence-corrected chi connectivity index (χ1v) is 8.79. The molecule has 21 heavy (non-hydrogen) atoms. The Kier molecular flexibility index (Phi) is 6.64. The zero-order valence-corrected chi connectivity index (χ0v) is 14.8. The number of nitrogens with zero attached hydrogens (tertiary/aromatic N) is 2. The first-order chi connectivity index (χ1) is 10.2. The molecule has 1 aromatic rings. The summed E-state index contributed by atoms with van der Waals surface area (Å²) in [5.41, 5.74) is 5.51. The van der Waals surface area contributed by atoms with Crippen LogP contribution in [0, 0.1) is 0 Å². The highest BCUT2D eigenvalue weighted by atomic mass is 79.9. The number of nitrogens with one attached hydrogen (secondary N) is 1. The van der Waals surface area contributed by atoms with Crippen LogP contribution in [0.15, 0.2) is 33.8 Å². The van der Waals surface area contributed by atoms with E-state index in [9.17, 15) is 0 Å². The van der Waals surface area contributed by atoms with E-state index in [0.29, 0.717) is 0 Å². The van der Waals surface area contributed by atoms with Gasteiger partial charge in [-0.05, 0) is 30.5 Å². The first kappa shape index (κ1) is 16.4. The van der Waals surface area contributed by atoms with Gasteiger partial charge in [-0.3, -0.25) is 5.43 Å². The largest absolute Gasteiger partial charge is 0.276 e. The van der Waals surface area contributed by atoms with Gasteiger partial charge in [-0.15, -0.1) is 0 Å². The molecule has 1 N–H and O–H groups in total. The predicted octanol–water partition coefficient (Wildman–Crippen LogP) is 4.66. The maximum atomic E-state index is 5.39. The summed E-state index contributed by atoms with van der Waals surface area (Å²) in [5, 5.41) is 6.49. The molecular weight excluding hydrogens is 346 g/mol. The molecule has 0 unspecified atom stereocenters. The molecule has 2 rings (SSSR count). The van der Waals surface area contributed by atoms with Gasteiger partial charge in [0.25, 0.3) is 0 Å². The van der Waals surface area contributed by atoms with Crippen LogP contribution in [0.3, 0.4) is 0 Å². The Bertz CT molecular complexity index is 516. The maximum Gasteiger partial charge on any atom is 0.0957 e. The van der Waals surface area contributed by atoms with Crippen molar-refractivity contribution in [3.8, 4) is 0 Å². The Labute approximate surface area is 140 Å². The second kappa shape index (κ2) is 8.49. The van der Waals surface area contributed by atoms with Crippen molar-refractivity contribution in [3.05, 3.63) is 34.3 Å². The van der Waals surface area contributed by atoms with Crippen LogP contribution in [-0.2, 0) is 0 Å². The minimum Gasteiger partial charge on any atom is -0.276 e. The Morgan fingerprint density at radius 2 is 2.24 bits per heavy atom. The highest BCUT2D eigenvalue weighted by Crippen LogP contribution is 2.17. The van der Waals surface area contributed by atoms with E-state index in [1.54, 1.807) is 0 Å². The SMILES string of the molecule is CCCCCCC(=S)NN1CCC(c2cccc(Br)c2)=N1. The smallest absolute Gasteiger partial charge is 0.0957 e. The summed E-state index contributed by atoms with van der Waals surface area (Å²) in [6.45, 7) is 3.09. The van der Waals surface area contributed by atoms with Crippen molar-refractivity contribution in [2.24, 2.45) is 5.10 Å². The third-order valence-electron chi connectivity index (χ3n) is 3.47. The lowest BCUT2D eigenvalue weighted by molar-refractivity contribution is 0.275. The van der Waals surface area contributed by atoms with Crippen LogP contribution in [-0.4, -0.2) is 22.4 Å². The standard InChI is InChI=1S/C16H22BrN3S/c1-2-3-4-5-9-16(21)19-20-11-10-15(18-20)13-7-6-8-14(17)12-13/h6-8,12H,2-5,9-11H2,1H3,(H,19,21). The Hall–Kier alpha value is -0.940. The lowest BCUT2D eigenvalue weighted by Gasteiger charge is -2.16. The van der Waals surface area contributed by atoms with Crippen molar-refractivity contribution in [1.29, 1.82) is 0 Å². The molecule has 0 saturated carbocycles. The van der Waals surface area contributed by atoms with Crippen LogP contribution in [0.5, 0.6) is 0 Å². The molecule has 1 aliphatic rings. The molecule has 1 heterocycles. The van der Waals surface area contributed by atoms with Crippen LogP contribution in [0.4, 0.5) is 0 Å². The van der Waals surface area contributed by atoms with E-state index >= 15 is 0 Å². The van der Waals surface area contributed by atoms with Gasteiger partial charge in [0, 0.05) is 10.9 Å². The van der Waals surface area contributed by atoms with Gasteiger partial charge >= 0.3 is 0 Å². The second-order valence-electron chi connectivity index (χ2n) is 5.28. The molecule has 0 aliphatic carbocycles. The number of hydrazine groups is 1. The maximum absolute atomic E-state index is 5.39. The molecule has 0 radical (unpaired) electrons. The molecule has 0 spiro atoms. The van der Waals surface area contributed by atoms with Crippen molar-refractivity contribution < 1.29 is 0 Å². The van der Waals surface area contributed by atoms with E-state index < -0.39 is 0 Å². The Morgan fingerprint density at radius 1 is 1.38 bits per heavy atom. The van der Waals surface area contributed by atoms with E-state index in [1.165, 1.54) is 24.8 Å². The molecule has 0 amide bonds. The van der Waals surface area contributed by atoms with E-state index in [2.05, 4.69) is 45.5 Å². The third-order valence-corrected chi connectivity index (χ3v) is 4.26. The summed E-state index contributed by atoms with van der Waals surface area (Å²) >= 11 is 8.89. The molecular formula is C16H22BrN3S. The highest BCUT2D eigenvalue weighted by molar-refractivity contribution is 9.10. The van der Waals surface area contributed by atoms with Gasteiger partial charge in [-0.1, -0.05) is 66.5 Å². The van der Waals surface area contributed by atoms with Crippen molar-refractivity contribution >= 4 is 38.8 Å². The van der Waals surface area contributed by atoms with E-state index in [-0.39, 0.29) is 0 Å². The average molecular weight is 368 g/mol. The molecule has 0 atom stereocenters. The van der Waals surface area contributed by atoms with Crippen molar-refractivity contribution in [2.75, 3.05) is 6.54 Å². The van der Waals surface area contributed by atoms with Crippen LogP contribution in [0.25, 0.3) is 0 Å². The highest BCUT2D eigenvalue weighted by Gasteiger charge is 2.16. The fraction of sp³-hybridized carbons (Fsp3) is 0.500. The average Bonchev–Trinajstić information content (AvgIpc) is 2.92. The quantitative estimate of drug-likeness (QED) is 0.560. The minimum atomic E-state index is 0.872. The number of rotatable bonds is 7. The second-order valence-corrected chi connectivity index (χ2v) is 6.68. The lowest BCUT2D eigenvalue weighted by Crippen LogP contribution is -2.35. The van der Waals surface area contributed by atoms with Gasteiger partial charge in [0.15, 0.2) is 0 Å². The number of hydrazone groups is 1. The number of thiocarbonyl (C=S) groups is 1. The van der Waals surface area contributed by atoms with Gasteiger partial charge in [-0.25, -0.2) is 5.12 Å². The molecule has 0 aromatic heterocycles. The molecule has 0 saturated heterocycles. The predicted molar refractivity (Wildman–Crippen MR) is 96.5 cm³/mol. The minimum absolute atomic E-state index is 0.872. The number of benzene rings is 1. The summed E-state index contributed by atoms with van der Waals surface area (Å²) in [7, 11) is 0. The van der Waals surface area contributed by atoms with Crippen molar-refractivity contribution in [2.45, 2.75) is 45.4 Å². The topological polar surface area (TPSA) is 27.6 Å². The number of unbranched alkanes of at least 4 members (excludes halogenated alkanes) is 3. The van der Waals surface area contributed by atoms with Gasteiger partial charge in [0.1, 0.15) is 0 Å². The summed E-state index contributed by atoms with van der Waals surface area (Å²) in [6, 6.07) is 8.26. The Morgan fingerprint density at radius 3 is 3.00 bits per heavy atom. The zero-order valence-electron chi connectivity index (χ0n) is 12.4. The summed E-state index contributed by atoms with van der Waals surface area (Å²) < 4.78 is 1.08. The molecule has 3 nitrogen and oxygen atoms in total. The van der Waals surface area contributed by atoms with Crippen LogP contribution in [0.2, 0.25) is 0 Å². The normalized spacial score (nSPS) is 14.2. The Balaban J connectivity index is 1.82. The van der Waals surface area contributed by atoms with Gasteiger partial charge in [0.05, 0.1) is 17.2 Å². The van der Waals surface area contributed by atoms with Crippen LogP contribution < -0.4 is 5.43 Å². The molecule has 114 valence electrons.